The maximum atomic E-state index is 12.3. The van der Waals surface area contributed by atoms with Crippen molar-refractivity contribution in [2.75, 3.05) is 39.3 Å². The van der Waals surface area contributed by atoms with Crippen LogP contribution in [-0.4, -0.2) is 50.1 Å². The summed E-state index contributed by atoms with van der Waals surface area (Å²) in [5.41, 5.74) is 0. The van der Waals surface area contributed by atoms with Crippen molar-refractivity contribution >= 4 is 18.3 Å². The Kier molecular flexibility index (Phi) is 9.29. The Balaban J connectivity index is 0.00000220. The zero-order valence-corrected chi connectivity index (χ0v) is 14.2. The molecule has 1 saturated carbocycles. The quantitative estimate of drug-likeness (QED) is 0.755. The summed E-state index contributed by atoms with van der Waals surface area (Å²) in [7, 11) is 0. The monoisotopic (exact) mass is 317 g/mol. The van der Waals surface area contributed by atoms with E-state index in [-0.39, 0.29) is 24.2 Å². The van der Waals surface area contributed by atoms with Crippen LogP contribution in [0.2, 0.25) is 0 Å². The largest absolute Gasteiger partial charge is 0.355 e. The number of piperazine rings is 1. The molecule has 1 heterocycles. The smallest absolute Gasteiger partial charge is 0.223 e. The normalized spacial score (nSPS) is 21.8. The van der Waals surface area contributed by atoms with Crippen molar-refractivity contribution in [3.8, 4) is 0 Å². The number of rotatable bonds is 7. The summed E-state index contributed by atoms with van der Waals surface area (Å²) in [5.74, 6) is 1.33. The highest BCUT2D eigenvalue weighted by molar-refractivity contribution is 5.85. The van der Waals surface area contributed by atoms with Crippen molar-refractivity contribution < 1.29 is 4.79 Å². The molecule has 1 amide bonds. The number of carbonyl (C=O) groups excluding carboxylic acids is 1. The predicted octanol–water partition coefficient (Wildman–Crippen LogP) is 2.04. The minimum Gasteiger partial charge on any atom is -0.355 e. The zero-order chi connectivity index (χ0) is 14.2. The fourth-order valence-electron chi connectivity index (χ4n) is 3.52. The molecule has 1 aliphatic heterocycles. The van der Waals surface area contributed by atoms with Crippen molar-refractivity contribution in [1.29, 1.82) is 0 Å². The second-order valence-corrected chi connectivity index (χ2v) is 6.37. The molecular formula is C16H32ClN3O. The Labute approximate surface area is 135 Å². The molecule has 0 bridgehead atoms. The van der Waals surface area contributed by atoms with Gasteiger partial charge in [-0.25, -0.2) is 0 Å². The predicted molar refractivity (Wildman–Crippen MR) is 89.9 cm³/mol. The van der Waals surface area contributed by atoms with Gasteiger partial charge in [0.05, 0.1) is 0 Å². The molecule has 0 spiro atoms. The number of amides is 1. The lowest BCUT2D eigenvalue weighted by atomic mass is 9.91. The Hall–Kier alpha value is -0.320. The van der Waals surface area contributed by atoms with Crippen LogP contribution in [0, 0.1) is 11.8 Å². The van der Waals surface area contributed by atoms with E-state index in [0.717, 1.165) is 58.0 Å². The van der Waals surface area contributed by atoms with Crippen LogP contribution in [0.25, 0.3) is 0 Å². The van der Waals surface area contributed by atoms with E-state index in [0.29, 0.717) is 0 Å². The van der Waals surface area contributed by atoms with Crippen molar-refractivity contribution in [3.63, 3.8) is 0 Å². The van der Waals surface area contributed by atoms with E-state index >= 15 is 0 Å². The van der Waals surface area contributed by atoms with Crippen LogP contribution in [0.5, 0.6) is 0 Å². The summed E-state index contributed by atoms with van der Waals surface area (Å²) in [6, 6.07) is 0. The third-order valence-corrected chi connectivity index (χ3v) is 4.89. The topological polar surface area (TPSA) is 44.4 Å². The van der Waals surface area contributed by atoms with E-state index in [9.17, 15) is 4.79 Å². The molecule has 5 heteroatoms. The van der Waals surface area contributed by atoms with Gasteiger partial charge in [-0.3, -0.25) is 9.69 Å². The molecule has 2 fully saturated rings. The highest BCUT2D eigenvalue weighted by atomic mass is 35.5. The maximum absolute atomic E-state index is 12.3. The molecule has 2 aliphatic rings. The average Bonchev–Trinajstić information content (AvgIpc) is 2.98. The standard InChI is InChI=1S/C16H31N3O.ClH/c1-2-15(13-14-5-3-4-6-14)16(20)18-9-12-19-10-7-17-8-11-19;/h14-15,17H,2-13H2,1H3,(H,18,20);1H. The maximum Gasteiger partial charge on any atom is 0.223 e. The molecule has 21 heavy (non-hydrogen) atoms. The third-order valence-electron chi connectivity index (χ3n) is 4.89. The number of nitrogens with one attached hydrogen (secondary N) is 2. The van der Waals surface area contributed by atoms with Crippen LogP contribution in [0.1, 0.15) is 45.4 Å². The van der Waals surface area contributed by atoms with Crippen molar-refractivity contribution in [3.05, 3.63) is 0 Å². The summed E-state index contributed by atoms with van der Waals surface area (Å²) in [6.07, 6.45) is 7.50. The Morgan fingerprint density at radius 3 is 2.57 bits per heavy atom. The van der Waals surface area contributed by atoms with Gasteiger partial charge in [-0.1, -0.05) is 32.6 Å². The Morgan fingerprint density at radius 1 is 1.29 bits per heavy atom. The van der Waals surface area contributed by atoms with Crippen LogP contribution >= 0.6 is 12.4 Å². The number of nitrogens with zero attached hydrogens (tertiary/aromatic N) is 1. The van der Waals surface area contributed by atoms with E-state index in [1.54, 1.807) is 0 Å². The minimum atomic E-state index is 0. The summed E-state index contributed by atoms with van der Waals surface area (Å²) >= 11 is 0. The molecule has 1 aliphatic carbocycles. The molecule has 1 unspecified atom stereocenters. The fourth-order valence-corrected chi connectivity index (χ4v) is 3.52. The highest BCUT2D eigenvalue weighted by Crippen LogP contribution is 2.31. The minimum absolute atomic E-state index is 0. The van der Waals surface area contributed by atoms with Gasteiger partial charge in [0.15, 0.2) is 0 Å². The number of hydrogen-bond donors (Lipinski definition) is 2. The van der Waals surface area contributed by atoms with Gasteiger partial charge in [-0.15, -0.1) is 12.4 Å². The van der Waals surface area contributed by atoms with Crippen LogP contribution in [0.4, 0.5) is 0 Å². The first-order valence-electron chi connectivity index (χ1n) is 8.50. The van der Waals surface area contributed by atoms with Crippen LogP contribution in [-0.2, 0) is 4.79 Å². The summed E-state index contributed by atoms with van der Waals surface area (Å²) < 4.78 is 0. The molecule has 2 rings (SSSR count). The van der Waals surface area contributed by atoms with Gasteiger partial charge in [0, 0.05) is 45.2 Å². The molecule has 124 valence electrons. The third kappa shape index (κ3) is 6.54. The van der Waals surface area contributed by atoms with E-state index in [1.165, 1.54) is 25.7 Å². The van der Waals surface area contributed by atoms with E-state index in [1.807, 2.05) is 0 Å². The highest BCUT2D eigenvalue weighted by Gasteiger charge is 2.23. The lowest BCUT2D eigenvalue weighted by Gasteiger charge is -2.27. The van der Waals surface area contributed by atoms with Gasteiger partial charge < -0.3 is 10.6 Å². The lowest BCUT2D eigenvalue weighted by Crippen LogP contribution is -2.46. The van der Waals surface area contributed by atoms with E-state index in [2.05, 4.69) is 22.5 Å². The van der Waals surface area contributed by atoms with Crippen molar-refractivity contribution in [2.24, 2.45) is 11.8 Å². The van der Waals surface area contributed by atoms with E-state index < -0.39 is 0 Å². The van der Waals surface area contributed by atoms with Crippen LogP contribution < -0.4 is 10.6 Å². The number of halogens is 1. The zero-order valence-electron chi connectivity index (χ0n) is 13.4. The van der Waals surface area contributed by atoms with Crippen molar-refractivity contribution in [2.45, 2.75) is 45.4 Å². The molecule has 0 radical (unpaired) electrons. The second kappa shape index (κ2) is 10.4. The molecule has 0 aromatic carbocycles. The van der Waals surface area contributed by atoms with Gasteiger partial charge in [-0.05, 0) is 18.8 Å². The van der Waals surface area contributed by atoms with Crippen molar-refractivity contribution in [1.82, 2.24) is 15.5 Å². The van der Waals surface area contributed by atoms with Gasteiger partial charge in [0.2, 0.25) is 5.91 Å². The molecular weight excluding hydrogens is 286 g/mol. The summed E-state index contributed by atoms with van der Waals surface area (Å²) in [6.45, 7) is 8.31. The molecule has 2 N–H and O–H groups in total. The first kappa shape index (κ1) is 18.7. The average molecular weight is 318 g/mol. The molecule has 1 atom stereocenters. The first-order valence-corrected chi connectivity index (χ1v) is 8.50. The fraction of sp³-hybridized carbons (Fsp3) is 0.938. The molecule has 4 nitrogen and oxygen atoms in total. The lowest BCUT2D eigenvalue weighted by molar-refractivity contribution is -0.125. The molecule has 0 aromatic rings. The summed E-state index contributed by atoms with van der Waals surface area (Å²) in [4.78, 5) is 14.7. The molecule has 0 aromatic heterocycles. The Bertz CT molecular complexity index is 289. The number of hydrogen-bond acceptors (Lipinski definition) is 3. The first-order chi connectivity index (χ1) is 9.79. The van der Waals surface area contributed by atoms with Crippen LogP contribution in [0.15, 0.2) is 0 Å². The van der Waals surface area contributed by atoms with E-state index in [4.69, 9.17) is 0 Å². The SMILES string of the molecule is CCC(CC1CCCC1)C(=O)NCCN1CCNCC1.Cl. The van der Waals surface area contributed by atoms with Gasteiger partial charge in [0.1, 0.15) is 0 Å². The van der Waals surface area contributed by atoms with Gasteiger partial charge >= 0.3 is 0 Å². The summed E-state index contributed by atoms with van der Waals surface area (Å²) in [5, 5.41) is 6.51. The molecule has 1 saturated heterocycles. The van der Waals surface area contributed by atoms with Gasteiger partial charge in [0.25, 0.3) is 0 Å². The van der Waals surface area contributed by atoms with Gasteiger partial charge in [-0.2, -0.15) is 0 Å². The Morgan fingerprint density at radius 2 is 1.95 bits per heavy atom. The van der Waals surface area contributed by atoms with Crippen LogP contribution in [0.3, 0.4) is 0 Å². The second-order valence-electron chi connectivity index (χ2n) is 6.37. The number of carbonyl (C=O) groups is 1.